The molecule has 0 radical (unpaired) electrons. The van der Waals surface area contributed by atoms with Crippen molar-refractivity contribution < 1.29 is 4.79 Å². The maximum Gasteiger partial charge on any atom is 0.225 e. The van der Waals surface area contributed by atoms with E-state index >= 15 is 0 Å². The number of nitrogens with one attached hydrogen (secondary N) is 2. The minimum atomic E-state index is 0.0244. The highest BCUT2D eigenvalue weighted by Crippen LogP contribution is 2.37. The van der Waals surface area contributed by atoms with Gasteiger partial charge in [-0.15, -0.1) is 0 Å². The summed E-state index contributed by atoms with van der Waals surface area (Å²) in [7, 11) is 0. The average Bonchev–Trinajstić information content (AvgIpc) is 2.77. The van der Waals surface area contributed by atoms with Crippen molar-refractivity contribution in [1.29, 1.82) is 0 Å². The molecule has 3 rings (SSSR count). The summed E-state index contributed by atoms with van der Waals surface area (Å²) < 4.78 is 0. The molecule has 1 aliphatic heterocycles. The zero-order valence-corrected chi connectivity index (χ0v) is 13.3. The second kappa shape index (κ2) is 5.36. The Labute approximate surface area is 127 Å². The number of benzene rings is 1. The van der Waals surface area contributed by atoms with E-state index in [9.17, 15) is 4.79 Å². The molecule has 1 amide bonds. The predicted octanol–water partition coefficient (Wildman–Crippen LogP) is 3.35. The van der Waals surface area contributed by atoms with Crippen molar-refractivity contribution in [3.8, 4) is 0 Å². The summed E-state index contributed by atoms with van der Waals surface area (Å²) in [5.74, 6) is 0.237. The maximum atomic E-state index is 12.7. The average molecular weight is 286 g/mol. The molecular formula is C18H26N2O. The first-order valence-corrected chi connectivity index (χ1v) is 8.12. The number of fused-ring (bicyclic) bond motifs is 1. The quantitative estimate of drug-likeness (QED) is 0.875. The van der Waals surface area contributed by atoms with E-state index in [2.05, 4.69) is 43.5 Å². The molecule has 21 heavy (non-hydrogen) atoms. The van der Waals surface area contributed by atoms with Gasteiger partial charge in [-0.2, -0.15) is 0 Å². The Morgan fingerprint density at radius 3 is 2.81 bits per heavy atom. The van der Waals surface area contributed by atoms with E-state index < -0.39 is 0 Å². The third-order valence-corrected chi connectivity index (χ3v) is 5.35. The van der Waals surface area contributed by atoms with Crippen LogP contribution in [0.5, 0.6) is 0 Å². The number of rotatable bonds is 2. The fraction of sp³-hybridized carbons (Fsp3) is 0.611. The molecule has 114 valence electrons. The van der Waals surface area contributed by atoms with Crippen LogP contribution in [0.1, 0.15) is 45.6 Å². The smallest absolute Gasteiger partial charge is 0.225 e. The summed E-state index contributed by atoms with van der Waals surface area (Å²) in [6, 6.07) is 8.82. The number of hydrogen-bond acceptors (Lipinski definition) is 2. The lowest BCUT2D eigenvalue weighted by Crippen LogP contribution is -2.49. The largest absolute Gasteiger partial charge is 0.382 e. The maximum absolute atomic E-state index is 12.7. The number of amides is 1. The monoisotopic (exact) mass is 286 g/mol. The molecule has 2 aliphatic rings. The van der Waals surface area contributed by atoms with Gasteiger partial charge in [0.25, 0.3) is 0 Å². The van der Waals surface area contributed by atoms with Crippen molar-refractivity contribution in [2.24, 2.45) is 11.3 Å². The lowest BCUT2D eigenvalue weighted by Gasteiger charge is -2.34. The van der Waals surface area contributed by atoms with Crippen LogP contribution in [0.4, 0.5) is 5.69 Å². The second-order valence-corrected chi connectivity index (χ2v) is 7.34. The molecule has 1 fully saturated rings. The van der Waals surface area contributed by atoms with Gasteiger partial charge in [0, 0.05) is 17.8 Å². The third kappa shape index (κ3) is 2.78. The zero-order chi connectivity index (χ0) is 15.0. The molecule has 3 nitrogen and oxygen atoms in total. The Morgan fingerprint density at radius 1 is 1.33 bits per heavy atom. The number of anilines is 1. The van der Waals surface area contributed by atoms with Gasteiger partial charge in [-0.05, 0) is 43.2 Å². The molecule has 1 aliphatic carbocycles. The van der Waals surface area contributed by atoms with Crippen LogP contribution in [0.25, 0.3) is 0 Å². The van der Waals surface area contributed by atoms with Crippen LogP contribution >= 0.6 is 0 Å². The van der Waals surface area contributed by atoms with Crippen LogP contribution in [-0.4, -0.2) is 18.0 Å². The van der Waals surface area contributed by atoms with Crippen LogP contribution in [0.3, 0.4) is 0 Å². The molecule has 1 saturated carbocycles. The Bertz CT molecular complexity index is 538. The molecule has 1 aromatic rings. The molecular weight excluding hydrogens is 260 g/mol. The fourth-order valence-electron chi connectivity index (χ4n) is 3.79. The van der Waals surface area contributed by atoms with Gasteiger partial charge in [0.2, 0.25) is 5.91 Å². The van der Waals surface area contributed by atoms with Crippen LogP contribution in [0.2, 0.25) is 0 Å². The first-order valence-electron chi connectivity index (χ1n) is 8.12. The summed E-state index contributed by atoms with van der Waals surface area (Å²) in [4.78, 5) is 12.7. The molecule has 3 heteroatoms. The van der Waals surface area contributed by atoms with Gasteiger partial charge in [-0.25, -0.2) is 0 Å². The lowest BCUT2D eigenvalue weighted by molar-refractivity contribution is -0.126. The van der Waals surface area contributed by atoms with E-state index in [1.165, 1.54) is 24.1 Å². The zero-order valence-electron chi connectivity index (χ0n) is 13.3. The SMILES string of the molecule is CC1Nc2ccccc2CC1C(=O)NC1CCCC1(C)C. The topological polar surface area (TPSA) is 41.1 Å². The van der Waals surface area contributed by atoms with E-state index in [-0.39, 0.29) is 23.3 Å². The summed E-state index contributed by atoms with van der Waals surface area (Å²) in [6.07, 6.45) is 4.38. The lowest BCUT2D eigenvalue weighted by atomic mass is 9.84. The Morgan fingerprint density at radius 2 is 2.10 bits per heavy atom. The summed E-state index contributed by atoms with van der Waals surface area (Å²) in [5, 5.41) is 6.80. The van der Waals surface area contributed by atoms with E-state index in [4.69, 9.17) is 0 Å². The molecule has 0 spiro atoms. The molecule has 3 atom stereocenters. The summed E-state index contributed by atoms with van der Waals surface area (Å²) in [5.41, 5.74) is 2.66. The van der Waals surface area contributed by atoms with Crippen LogP contribution in [0, 0.1) is 11.3 Å². The summed E-state index contributed by atoms with van der Waals surface area (Å²) in [6.45, 7) is 6.64. The number of carbonyl (C=O) groups excluding carboxylic acids is 1. The van der Waals surface area contributed by atoms with Crippen LogP contribution in [-0.2, 0) is 11.2 Å². The number of carbonyl (C=O) groups is 1. The summed E-state index contributed by atoms with van der Waals surface area (Å²) >= 11 is 0. The first-order chi connectivity index (χ1) is 9.97. The van der Waals surface area contributed by atoms with Gasteiger partial charge in [0.15, 0.2) is 0 Å². The van der Waals surface area contributed by atoms with E-state index in [0.717, 1.165) is 12.8 Å². The van der Waals surface area contributed by atoms with Crippen molar-refractivity contribution >= 4 is 11.6 Å². The second-order valence-electron chi connectivity index (χ2n) is 7.34. The highest BCUT2D eigenvalue weighted by molar-refractivity contribution is 5.82. The molecule has 1 aromatic carbocycles. The normalized spacial score (nSPS) is 30.3. The molecule has 0 aromatic heterocycles. The van der Waals surface area contributed by atoms with Gasteiger partial charge in [0.05, 0.1) is 5.92 Å². The molecule has 0 bridgehead atoms. The van der Waals surface area contributed by atoms with Crippen molar-refractivity contribution in [2.75, 3.05) is 5.32 Å². The van der Waals surface area contributed by atoms with Gasteiger partial charge in [0.1, 0.15) is 0 Å². The highest BCUT2D eigenvalue weighted by atomic mass is 16.2. The van der Waals surface area contributed by atoms with Gasteiger partial charge in [-0.3, -0.25) is 4.79 Å². The molecule has 1 heterocycles. The Hall–Kier alpha value is -1.51. The van der Waals surface area contributed by atoms with Crippen LogP contribution in [0.15, 0.2) is 24.3 Å². The van der Waals surface area contributed by atoms with E-state index in [1.54, 1.807) is 0 Å². The van der Waals surface area contributed by atoms with Crippen molar-refractivity contribution in [3.05, 3.63) is 29.8 Å². The van der Waals surface area contributed by atoms with Gasteiger partial charge < -0.3 is 10.6 Å². The number of para-hydroxylation sites is 1. The van der Waals surface area contributed by atoms with Gasteiger partial charge in [-0.1, -0.05) is 38.5 Å². The highest BCUT2D eigenvalue weighted by Gasteiger charge is 2.38. The standard InChI is InChI=1S/C18H26N2O/c1-12-14(11-13-7-4-5-8-15(13)19-12)17(21)20-16-9-6-10-18(16,2)3/h4-5,7-8,12,14,16,19H,6,9-11H2,1-3H3,(H,20,21). The minimum absolute atomic E-state index is 0.0244. The van der Waals surface area contributed by atoms with Crippen LogP contribution < -0.4 is 10.6 Å². The van der Waals surface area contributed by atoms with Crippen molar-refractivity contribution in [1.82, 2.24) is 5.32 Å². The minimum Gasteiger partial charge on any atom is -0.382 e. The fourth-order valence-corrected chi connectivity index (χ4v) is 3.79. The Balaban J connectivity index is 1.71. The molecule has 0 saturated heterocycles. The third-order valence-electron chi connectivity index (χ3n) is 5.35. The number of hydrogen-bond donors (Lipinski definition) is 2. The van der Waals surface area contributed by atoms with Crippen molar-refractivity contribution in [3.63, 3.8) is 0 Å². The van der Waals surface area contributed by atoms with E-state index in [0.29, 0.717) is 6.04 Å². The molecule has 2 N–H and O–H groups in total. The Kier molecular flexibility index (Phi) is 3.68. The van der Waals surface area contributed by atoms with Gasteiger partial charge >= 0.3 is 0 Å². The van der Waals surface area contributed by atoms with E-state index in [1.807, 2.05) is 12.1 Å². The first kappa shape index (κ1) is 14.4. The van der Waals surface area contributed by atoms with Crippen molar-refractivity contribution in [2.45, 2.75) is 58.5 Å². The predicted molar refractivity (Wildman–Crippen MR) is 86.3 cm³/mol. The molecule has 3 unspecified atom stereocenters.